The Morgan fingerprint density at radius 2 is 2.02 bits per heavy atom. The molecule has 2 aromatic heterocycles. The number of halogens is 1. The van der Waals surface area contributed by atoms with Gasteiger partial charge in [0.1, 0.15) is 25.8 Å². The van der Waals surface area contributed by atoms with Crippen LogP contribution in [0.2, 0.25) is 0 Å². The Hall–Kier alpha value is -4.20. The molecule has 0 saturated carbocycles. The van der Waals surface area contributed by atoms with Crippen molar-refractivity contribution < 1.29 is 33.4 Å². The van der Waals surface area contributed by atoms with Gasteiger partial charge in [0.15, 0.2) is 6.10 Å². The summed E-state index contributed by atoms with van der Waals surface area (Å²) in [5.74, 6) is -2.10. The van der Waals surface area contributed by atoms with E-state index in [2.05, 4.69) is 10.6 Å². The topological polar surface area (TPSA) is 175 Å². The van der Waals surface area contributed by atoms with Gasteiger partial charge >= 0.3 is 5.97 Å². The Morgan fingerprint density at radius 3 is 2.76 bits per heavy atom. The number of nitrogens with one attached hydrogen (secondary N) is 2. The summed E-state index contributed by atoms with van der Waals surface area (Å²) in [6.45, 7) is 4.16. The van der Waals surface area contributed by atoms with Crippen LogP contribution in [0, 0.1) is 12.7 Å². The van der Waals surface area contributed by atoms with Crippen molar-refractivity contribution in [2.75, 3.05) is 13.3 Å². The van der Waals surface area contributed by atoms with Crippen LogP contribution in [0.15, 0.2) is 16.9 Å². The maximum absolute atomic E-state index is 15.0. The number of esters is 1. The molecule has 13 heteroatoms. The molecule has 0 radical (unpaired) electrons. The number of hydrogen-bond donors (Lipinski definition) is 4. The highest BCUT2D eigenvalue weighted by Gasteiger charge is 2.37. The predicted octanol–water partition coefficient (Wildman–Crippen LogP) is 0.894. The van der Waals surface area contributed by atoms with Crippen LogP contribution in [0.1, 0.15) is 65.8 Å². The number of hydrogen-bond acceptors (Lipinski definition) is 9. The van der Waals surface area contributed by atoms with Crippen molar-refractivity contribution in [3.63, 3.8) is 0 Å². The molecule has 0 unspecified atom stereocenters. The Kier molecular flexibility index (Phi) is 6.63. The number of aromatic nitrogens is 2. The summed E-state index contributed by atoms with van der Waals surface area (Å²) in [5.41, 5.74) is 8.49. The number of carbonyl (C=O) groups excluding carboxylic acids is 3. The number of benzene rings is 1. The van der Waals surface area contributed by atoms with Crippen molar-refractivity contribution in [1.82, 2.24) is 20.2 Å². The minimum absolute atomic E-state index is 0.138. The summed E-state index contributed by atoms with van der Waals surface area (Å²) in [7, 11) is 0. The second-order valence-electron chi connectivity index (χ2n) is 11.5. The Balaban J connectivity index is 1.38. The molecule has 0 bridgehead atoms. The number of aliphatic hydroxyl groups is 1. The van der Waals surface area contributed by atoms with E-state index in [1.54, 1.807) is 26.8 Å². The summed E-state index contributed by atoms with van der Waals surface area (Å²) in [6.07, 6.45) is -0.641. The molecular formula is C29H30FN5O7. The summed E-state index contributed by atoms with van der Waals surface area (Å²) in [6, 6.07) is 2.41. The normalized spacial score (nSPS) is 18.7. The van der Waals surface area contributed by atoms with Crippen molar-refractivity contribution >= 4 is 28.7 Å². The van der Waals surface area contributed by atoms with E-state index in [1.165, 1.54) is 10.6 Å². The SMILES string of the molecule is Cc1c(F)cc2nc3c(c4c2c1CC[C@@H]4NC(=O)COCNC(=O)C(C)(C)N)Cn1c-3cc2c(c1=O)COC(=O)[C@H]2O. The zero-order valence-electron chi connectivity index (χ0n) is 23.3. The van der Waals surface area contributed by atoms with Crippen molar-refractivity contribution in [3.8, 4) is 11.4 Å². The largest absolute Gasteiger partial charge is 0.458 e. The van der Waals surface area contributed by atoms with Gasteiger partial charge in [-0.25, -0.2) is 14.2 Å². The number of nitrogens with zero attached hydrogens (tertiary/aromatic N) is 2. The highest BCUT2D eigenvalue weighted by atomic mass is 19.1. The molecule has 1 aliphatic carbocycles. The maximum Gasteiger partial charge on any atom is 0.340 e. The van der Waals surface area contributed by atoms with E-state index < -0.39 is 46.8 Å². The van der Waals surface area contributed by atoms with Gasteiger partial charge in [-0.3, -0.25) is 14.4 Å². The van der Waals surface area contributed by atoms with Gasteiger partial charge in [-0.2, -0.15) is 0 Å². The highest BCUT2D eigenvalue weighted by molar-refractivity contribution is 5.94. The minimum Gasteiger partial charge on any atom is -0.458 e. The third-order valence-electron chi connectivity index (χ3n) is 8.13. The van der Waals surface area contributed by atoms with Crippen molar-refractivity contribution in [3.05, 3.63) is 61.7 Å². The molecule has 2 amide bonds. The lowest BCUT2D eigenvalue weighted by atomic mass is 9.81. The first-order valence-electron chi connectivity index (χ1n) is 13.6. The molecule has 4 heterocycles. The number of ether oxygens (including phenoxy) is 2. The number of aliphatic hydroxyl groups excluding tert-OH is 1. The van der Waals surface area contributed by atoms with Gasteiger partial charge in [-0.15, -0.1) is 0 Å². The van der Waals surface area contributed by atoms with E-state index in [0.717, 1.165) is 16.5 Å². The predicted molar refractivity (Wildman–Crippen MR) is 146 cm³/mol. The second-order valence-corrected chi connectivity index (χ2v) is 11.5. The van der Waals surface area contributed by atoms with Crippen molar-refractivity contribution in [1.29, 1.82) is 0 Å². The Morgan fingerprint density at radius 1 is 1.26 bits per heavy atom. The molecule has 5 N–H and O–H groups in total. The molecule has 42 heavy (non-hydrogen) atoms. The Bertz CT molecular complexity index is 1760. The zero-order chi connectivity index (χ0) is 30.1. The molecule has 3 aromatic rings. The van der Waals surface area contributed by atoms with Gasteiger partial charge in [0.05, 0.1) is 40.6 Å². The van der Waals surface area contributed by atoms with E-state index >= 15 is 0 Å². The van der Waals surface area contributed by atoms with E-state index in [-0.39, 0.29) is 37.6 Å². The van der Waals surface area contributed by atoms with Gasteiger partial charge in [-0.05, 0) is 56.4 Å². The lowest BCUT2D eigenvalue weighted by Gasteiger charge is -2.29. The lowest BCUT2D eigenvalue weighted by molar-refractivity contribution is -0.157. The summed E-state index contributed by atoms with van der Waals surface area (Å²) >= 11 is 0. The van der Waals surface area contributed by atoms with Gasteiger partial charge in [0, 0.05) is 22.6 Å². The van der Waals surface area contributed by atoms with Crippen LogP contribution in [-0.4, -0.2) is 51.3 Å². The zero-order valence-corrected chi connectivity index (χ0v) is 23.3. The molecular weight excluding hydrogens is 549 g/mol. The number of amides is 2. The fourth-order valence-electron chi connectivity index (χ4n) is 5.97. The molecule has 6 rings (SSSR count). The van der Waals surface area contributed by atoms with Crippen LogP contribution in [0.25, 0.3) is 22.3 Å². The molecule has 3 aliphatic rings. The highest BCUT2D eigenvalue weighted by Crippen LogP contribution is 2.45. The molecule has 2 atom stereocenters. The van der Waals surface area contributed by atoms with Crippen LogP contribution in [0.4, 0.5) is 4.39 Å². The van der Waals surface area contributed by atoms with Crippen molar-refractivity contribution in [2.24, 2.45) is 5.73 Å². The van der Waals surface area contributed by atoms with Gasteiger partial charge in [-0.1, -0.05) is 0 Å². The number of nitrogens with two attached hydrogens (primary N) is 1. The lowest BCUT2D eigenvalue weighted by Crippen LogP contribution is -2.49. The standard InChI is InChI=1S/C29H30FN5O7/c1-12-13-4-5-18(33-21(36)10-41-11-32-28(40)29(2,3)31)23-15-8-35-20(24(15)34-19(22(13)23)7-17(12)30)6-14-16(26(35)38)9-42-27(39)25(14)37/h6-7,18,25,37H,4-5,8-11,31H2,1-3H3,(H,32,40)(H,33,36)/t18-,25-/m0/s1. The van der Waals surface area contributed by atoms with E-state index in [1.807, 2.05) is 0 Å². The molecule has 0 spiro atoms. The van der Waals surface area contributed by atoms with Crippen LogP contribution in [0.5, 0.6) is 0 Å². The van der Waals surface area contributed by atoms with E-state index in [0.29, 0.717) is 40.9 Å². The third-order valence-corrected chi connectivity index (χ3v) is 8.13. The first-order chi connectivity index (χ1) is 19.9. The quantitative estimate of drug-likeness (QED) is 0.147. The third kappa shape index (κ3) is 4.44. The smallest absolute Gasteiger partial charge is 0.340 e. The second kappa shape index (κ2) is 9.96. The minimum atomic E-state index is -1.60. The van der Waals surface area contributed by atoms with Crippen LogP contribution in [0.3, 0.4) is 0 Å². The number of pyridine rings is 2. The number of cyclic esters (lactones) is 1. The molecule has 220 valence electrons. The van der Waals surface area contributed by atoms with Crippen molar-refractivity contribution in [2.45, 2.75) is 64.4 Å². The average Bonchev–Trinajstić information content (AvgIpc) is 3.30. The fraction of sp³-hybridized carbons (Fsp3) is 0.414. The number of carbonyl (C=O) groups is 3. The number of aryl methyl sites for hydroxylation is 1. The van der Waals surface area contributed by atoms with Crippen LogP contribution in [-0.2, 0) is 43.4 Å². The summed E-state index contributed by atoms with van der Waals surface area (Å²) < 4.78 is 26.8. The first-order valence-corrected chi connectivity index (χ1v) is 13.6. The van der Waals surface area contributed by atoms with Crippen LogP contribution >= 0.6 is 0 Å². The van der Waals surface area contributed by atoms with Gasteiger partial charge in [0.2, 0.25) is 11.8 Å². The molecule has 12 nitrogen and oxygen atoms in total. The van der Waals surface area contributed by atoms with Gasteiger partial charge < -0.3 is 35.5 Å². The molecule has 0 fully saturated rings. The average molecular weight is 580 g/mol. The van der Waals surface area contributed by atoms with Gasteiger partial charge in [0.25, 0.3) is 5.56 Å². The van der Waals surface area contributed by atoms with E-state index in [4.69, 9.17) is 20.2 Å². The fourth-order valence-corrected chi connectivity index (χ4v) is 5.97. The molecule has 0 saturated heterocycles. The maximum atomic E-state index is 15.0. The number of fused-ring (bicyclic) bond motifs is 5. The summed E-state index contributed by atoms with van der Waals surface area (Å²) in [5, 5.41) is 16.7. The molecule has 1 aromatic carbocycles. The Labute approximate surface area is 239 Å². The van der Waals surface area contributed by atoms with E-state index in [9.17, 15) is 28.7 Å². The monoisotopic (exact) mass is 579 g/mol. The summed E-state index contributed by atoms with van der Waals surface area (Å²) in [4.78, 5) is 55.1. The van der Waals surface area contributed by atoms with Crippen LogP contribution < -0.4 is 21.9 Å². The first kappa shape index (κ1) is 27.9. The molecule has 2 aliphatic heterocycles. The number of rotatable bonds is 6.